The van der Waals surface area contributed by atoms with E-state index in [2.05, 4.69) is 31.1 Å². The van der Waals surface area contributed by atoms with Crippen LogP contribution in [-0.2, 0) is 11.2 Å². The van der Waals surface area contributed by atoms with Crippen LogP contribution in [-0.4, -0.2) is 49.5 Å². The number of ether oxygens (including phenoxy) is 1. The van der Waals surface area contributed by atoms with Gasteiger partial charge in [-0.05, 0) is 5.56 Å². The summed E-state index contributed by atoms with van der Waals surface area (Å²) in [5.74, 6) is 3.22. The van der Waals surface area contributed by atoms with Crippen molar-refractivity contribution in [3.05, 3.63) is 35.9 Å². The molecule has 1 aliphatic rings. The first-order valence-electron chi connectivity index (χ1n) is 8.02. The molecule has 1 amide bonds. The Balaban J connectivity index is 2.15. The summed E-state index contributed by atoms with van der Waals surface area (Å²) in [5, 5.41) is 9.48. The molecule has 0 saturated carbocycles. The predicted octanol–water partition coefficient (Wildman–Crippen LogP) is 3.25. The average Bonchev–Trinajstić information content (AvgIpc) is 2.48. The maximum absolute atomic E-state index is 11.6. The fourth-order valence-electron chi connectivity index (χ4n) is 2.72. The van der Waals surface area contributed by atoms with Crippen molar-refractivity contribution in [2.75, 3.05) is 13.2 Å². The zero-order valence-electron chi connectivity index (χ0n) is 14.1. The number of rotatable bonds is 3. The van der Waals surface area contributed by atoms with Crippen LogP contribution in [0.15, 0.2) is 30.3 Å². The molecule has 0 spiro atoms. The van der Waals surface area contributed by atoms with E-state index in [0.29, 0.717) is 26.0 Å². The zero-order chi connectivity index (χ0) is 16.9. The third-order valence-corrected chi connectivity index (χ3v) is 4.72. The Morgan fingerprint density at radius 1 is 1.35 bits per heavy atom. The lowest BCUT2D eigenvalue weighted by atomic mass is 9.97. The van der Waals surface area contributed by atoms with Crippen molar-refractivity contribution < 1.29 is 14.6 Å². The van der Waals surface area contributed by atoms with Crippen molar-refractivity contribution in [3.63, 3.8) is 0 Å². The van der Waals surface area contributed by atoms with Crippen LogP contribution >= 0.6 is 0 Å². The van der Waals surface area contributed by atoms with E-state index in [4.69, 9.17) is 4.74 Å². The number of benzene rings is 1. The molecule has 4 nitrogen and oxygen atoms in total. The zero-order valence-corrected chi connectivity index (χ0v) is 15.1. The summed E-state index contributed by atoms with van der Waals surface area (Å²) in [5.41, 5.74) is 4.49. The highest BCUT2D eigenvalue weighted by Crippen LogP contribution is 2.21. The van der Waals surface area contributed by atoms with Gasteiger partial charge in [-0.15, -0.1) is 11.5 Å². The molecule has 1 aliphatic heterocycles. The molecule has 1 saturated heterocycles. The lowest BCUT2D eigenvalue weighted by Crippen LogP contribution is -2.53. The molecule has 2 rings (SSSR count). The van der Waals surface area contributed by atoms with E-state index in [-0.39, 0.29) is 12.1 Å². The first kappa shape index (κ1) is 17.6. The van der Waals surface area contributed by atoms with Crippen LogP contribution in [0.4, 0.5) is 4.79 Å². The Labute approximate surface area is 139 Å². The van der Waals surface area contributed by atoms with E-state index in [1.165, 1.54) is 4.90 Å². The molecule has 1 aromatic carbocycles. The highest BCUT2D eigenvalue weighted by atomic mass is 28.3. The van der Waals surface area contributed by atoms with Gasteiger partial charge in [0.25, 0.3) is 0 Å². The van der Waals surface area contributed by atoms with Gasteiger partial charge in [0.1, 0.15) is 8.07 Å². The maximum Gasteiger partial charge on any atom is 0.407 e. The van der Waals surface area contributed by atoms with Crippen molar-refractivity contribution in [1.29, 1.82) is 0 Å². The van der Waals surface area contributed by atoms with Crippen molar-refractivity contribution in [3.8, 4) is 11.5 Å². The van der Waals surface area contributed by atoms with E-state index < -0.39 is 14.2 Å². The molecular formula is C18H25NO3Si. The Hall–Kier alpha value is -1.77. The fraction of sp³-hybridized carbons (Fsp3) is 0.500. The molecule has 0 aromatic heterocycles. The minimum atomic E-state index is -1.45. The maximum atomic E-state index is 11.6. The van der Waals surface area contributed by atoms with Gasteiger partial charge in [-0.2, -0.15) is 0 Å². The first-order valence-corrected chi connectivity index (χ1v) is 11.5. The summed E-state index contributed by atoms with van der Waals surface area (Å²) in [6.07, 6.45) is 0.224. The minimum absolute atomic E-state index is 0.141. The minimum Gasteiger partial charge on any atom is -0.465 e. The number of hydrogen-bond acceptors (Lipinski definition) is 2. The third-order valence-electron chi connectivity index (χ3n) is 3.79. The second kappa shape index (κ2) is 7.67. The summed E-state index contributed by atoms with van der Waals surface area (Å²) in [6, 6.07) is 9.86. The Bertz CT molecular complexity index is 586. The molecule has 0 radical (unpaired) electrons. The Kier molecular flexibility index (Phi) is 5.86. The molecule has 23 heavy (non-hydrogen) atoms. The Morgan fingerprint density at radius 3 is 2.65 bits per heavy atom. The summed E-state index contributed by atoms with van der Waals surface area (Å²) in [4.78, 5) is 13.0. The third kappa shape index (κ3) is 5.42. The summed E-state index contributed by atoms with van der Waals surface area (Å²) >= 11 is 0. The van der Waals surface area contributed by atoms with E-state index >= 15 is 0 Å². The number of amides is 1. The number of nitrogens with zero attached hydrogens (tertiary/aromatic N) is 1. The lowest BCUT2D eigenvalue weighted by molar-refractivity contribution is -0.0587. The highest BCUT2D eigenvalue weighted by molar-refractivity contribution is 6.83. The van der Waals surface area contributed by atoms with Crippen molar-refractivity contribution >= 4 is 14.2 Å². The monoisotopic (exact) mass is 331 g/mol. The van der Waals surface area contributed by atoms with Gasteiger partial charge >= 0.3 is 6.09 Å². The van der Waals surface area contributed by atoms with Gasteiger partial charge in [-0.3, -0.25) is 4.90 Å². The van der Waals surface area contributed by atoms with E-state index in [9.17, 15) is 9.90 Å². The smallest absolute Gasteiger partial charge is 0.407 e. The molecule has 2 atom stereocenters. The molecule has 5 heteroatoms. The molecule has 1 heterocycles. The average molecular weight is 331 g/mol. The van der Waals surface area contributed by atoms with Crippen LogP contribution in [0.1, 0.15) is 12.0 Å². The topological polar surface area (TPSA) is 49.8 Å². The second-order valence-electron chi connectivity index (χ2n) is 6.90. The van der Waals surface area contributed by atoms with Crippen LogP contribution in [0.2, 0.25) is 19.6 Å². The van der Waals surface area contributed by atoms with Gasteiger partial charge in [0, 0.05) is 19.4 Å². The fourth-order valence-corrected chi connectivity index (χ4v) is 3.35. The molecule has 124 valence electrons. The van der Waals surface area contributed by atoms with E-state index in [1.54, 1.807) is 0 Å². The van der Waals surface area contributed by atoms with Crippen molar-refractivity contribution in [1.82, 2.24) is 4.90 Å². The standard InChI is InChI=1S/C18H25NO3Si/c1-23(2,3)13-7-10-16-17(14-15-8-5-4-6-9-15)22-12-11-19(16)18(20)21/h4-6,8-9,16-17H,10-12,14H2,1-3H3,(H,20,21)/t16-,17?/m0/s1. The van der Waals surface area contributed by atoms with Crippen LogP contribution < -0.4 is 0 Å². The summed E-state index contributed by atoms with van der Waals surface area (Å²) in [7, 11) is -1.45. The molecule has 0 bridgehead atoms. The number of morpholine rings is 1. The van der Waals surface area contributed by atoms with Crippen LogP contribution in [0.5, 0.6) is 0 Å². The SMILES string of the molecule is C[Si](C)(C)C#CC[C@H]1C(Cc2ccccc2)OCCN1C(=O)O. The molecular weight excluding hydrogens is 306 g/mol. The summed E-state index contributed by atoms with van der Waals surface area (Å²) < 4.78 is 5.90. The molecule has 1 aromatic rings. The summed E-state index contributed by atoms with van der Waals surface area (Å²) in [6.45, 7) is 7.43. The molecule has 1 unspecified atom stereocenters. The first-order chi connectivity index (χ1) is 10.9. The van der Waals surface area contributed by atoms with Crippen molar-refractivity contribution in [2.45, 2.75) is 44.6 Å². The lowest BCUT2D eigenvalue weighted by Gasteiger charge is -2.39. The van der Waals surface area contributed by atoms with Gasteiger partial charge in [0.2, 0.25) is 0 Å². The van der Waals surface area contributed by atoms with Crippen LogP contribution in [0, 0.1) is 11.5 Å². The molecule has 1 fully saturated rings. The van der Waals surface area contributed by atoms with Gasteiger partial charge in [-0.25, -0.2) is 4.79 Å². The van der Waals surface area contributed by atoms with E-state index in [0.717, 1.165) is 5.56 Å². The van der Waals surface area contributed by atoms with Gasteiger partial charge < -0.3 is 9.84 Å². The number of carbonyl (C=O) groups is 1. The van der Waals surface area contributed by atoms with Crippen LogP contribution in [0.3, 0.4) is 0 Å². The number of hydrogen-bond donors (Lipinski definition) is 1. The Morgan fingerprint density at radius 2 is 2.04 bits per heavy atom. The van der Waals surface area contributed by atoms with Gasteiger partial charge in [0.15, 0.2) is 0 Å². The molecule has 1 N–H and O–H groups in total. The normalized spacial score (nSPS) is 21.4. The largest absolute Gasteiger partial charge is 0.465 e. The van der Waals surface area contributed by atoms with Gasteiger partial charge in [-0.1, -0.05) is 50.0 Å². The predicted molar refractivity (Wildman–Crippen MR) is 94.1 cm³/mol. The van der Waals surface area contributed by atoms with Crippen molar-refractivity contribution in [2.24, 2.45) is 0 Å². The quantitative estimate of drug-likeness (QED) is 0.683. The van der Waals surface area contributed by atoms with Gasteiger partial charge in [0.05, 0.1) is 18.8 Å². The molecule has 0 aliphatic carbocycles. The number of carboxylic acid groups (broad SMARTS) is 1. The van der Waals surface area contributed by atoms with E-state index in [1.807, 2.05) is 30.3 Å². The second-order valence-corrected chi connectivity index (χ2v) is 11.6. The van der Waals surface area contributed by atoms with Crippen LogP contribution in [0.25, 0.3) is 0 Å². The highest BCUT2D eigenvalue weighted by Gasteiger charge is 2.34.